The van der Waals surface area contributed by atoms with Gasteiger partial charge in [-0.1, -0.05) is 81.4 Å². The van der Waals surface area contributed by atoms with E-state index in [4.69, 9.17) is 15.9 Å². The molecule has 1 saturated carbocycles. The smallest absolute Gasteiger partial charge is 0.261 e. The van der Waals surface area contributed by atoms with Crippen LogP contribution in [0, 0.1) is 5.92 Å². The Morgan fingerprint density at radius 2 is 1.37 bits per heavy atom. The first-order valence-corrected chi connectivity index (χ1v) is 12.0. The van der Waals surface area contributed by atoms with Crippen LogP contribution in [0.15, 0.2) is 60.7 Å². The van der Waals surface area contributed by atoms with Crippen molar-refractivity contribution in [3.8, 4) is 0 Å². The van der Waals surface area contributed by atoms with Crippen molar-refractivity contribution in [2.45, 2.75) is 57.2 Å². The van der Waals surface area contributed by atoms with Gasteiger partial charge in [0.25, 0.3) is 8.32 Å². The molecule has 4 N–H and O–H groups in total. The third-order valence-electron chi connectivity index (χ3n) is 6.02. The third-order valence-corrected chi connectivity index (χ3v) is 11.0. The molecular formula is C23H34N2OSi. The predicted molar refractivity (Wildman–Crippen MR) is 117 cm³/mol. The Morgan fingerprint density at radius 1 is 0.852 bits per heavy atom. The fraction of sp³-hybridized carbons (Fsp3) is 0.478. The maximum absolute atomic E-state index is 7.03. The monoisotopic (exact) mass is 382 g/mol. The SMILES string of the molecule is CC(C)(C)[Si](OCC1CC[C@H](N)[C@H](N)C1)(c1ccccc1)c1ccccc1. The average Bonchev–Trinajstić information content (AvgIpc) is 2.66. The van der Waals surface area contributed by atoms with Gasteiger partial charge in [-0.25, -0.2) is 0 Å². The number of hydrogen-bond acceptors (Lipinski definition) is 3. The molecular weight excluding hydrogens is 348 g/mol. The van der Waals surface area contributed by atoms with Crippen LogP contribution in [0.25, 0.3) is 0 Å². The molecule has 146 valence electrons. The summed E-state index contributed by atoms with van der Waals surface area (Å²) in [5.41, 5.74) is 12.4. The van der Waals surface area contributed by atoms with Crippen molar-refractivity contribution in [1.29, 1.82) is 0 Å². The van der Waals surface area contributed by atoms with Crippen LogP contribution < -0.4 is 21.8 Å². The summed E-state index contributed by atoms with van der Waals surface area (Å²) in [6, 6.07) is 21.9. The minimum atomic E-state index is -2.44. The normalized spacial score (nSPS) is 24.0. The van der Waals surface area contributed by atoms with Crippen molar-refractivity contribution in [1.82, 2.24) is 0 Å². The molecule has 3 atom stereocenters. The molecule has 1 unspecified atom stereocenters. The molecule has 0 amide bonds. The molecule has 4 heteroatoms. The fourth-order valence-corrected chi connectivity index (χ4v) is 9.12. The van der Waals surface area contributed by atoms with Crippen LogP contribution in [0.2, 0.25) is 5.04 Å². The van der Waals surface area contributed by atoms with Gasteiger partial charge in [0.1, 0.15) is 0 Å². The Kier molecular flexibility index (Phi) is 6.21. The Balaban J connectivity index is 1.97. The summed E-state index contributed by atoms with van der Waals surface area (Å²) in [5, 5.41) is 2.68. The van der Waals surface area contributed by atoms with E-state index in [0.29, 0.717) is 5.92 Å². The van der Waals surface area contributed by atoms with Gasteiger partial charge in [0, 0.05) is 18.7 Å². The van der Waals surface area contributed by atoms with Crippen LogP contribution in [-0.2, 0) is 4.43 Å². The summed E-state index contributed by atoms with van der Waals surface area (Å²) in [6.45, 7) is 7.72. The van der Waals surface area contributed by atoms with E-state index in [0.717, 1.165) is 25.9 Å². The lowest BCUT2D eigenvalue weighted by Crippen LogP contribution is -2.67. The molecule has 0 aliphatic heterocycles. The molecule has 2 aromatic carbocycles. The minimum absolute atomic E-state index is 0.0168. The molecule has 3 nitrogen and oxygen atoms in total. The second-order valence-corrected chi connectivity index (χ2v) is 13.3. The highest BCUT2D eigenvalue weighted by molar-refractivity contribution is 6.99. The summed E-state index contributed by atoms with van der Waals surface area (Å²) < 4.78 is 7.03. The zero-order chi connectivity index (χ0) is 19.5. The maximum Gasteiger partial charge on any atom is 0.261 e. The summed E-state index contributed by atoms with van der Waals surface area (Å²) >= 11 is 0. The number of hydrogen-bond donors (Lipinski definition) is 2. The highest BCUT2D eigenvalue weighted by Gasteiger charge is 2.50. The van der Waals surface area contributed by atoms with Crippen molar-refractivity contribution in [2.75, 3.05) is 6.61 Å². The second kappa shape index (κ2) is 8.27. The summed E-state index contributed by atoms with van der Waals surface area (Å²) in [4.78, 5) is 0. The highest BCUT2D eigenvalue weighted by atomic mass is 28.4. The van der Waals surface area contributed by atoms with E-state index in [1.54, 1.807) is 0 Å². The standard InChI is InChI=1S/C23H34N2OSi/c1-23(2,3)27(19-10-6-4-7-11-19,20-12-8-5-9-13-20)26-17-18-14-15-21(24)22(25)16-18/h4-13,18,21-22H,14-17,24-25H2,1-3H3/t18?,21-,22+/m0/s1. The number of nitrogens with two attached hydrogens (primary N) is 2. The molecule has 0 heterocycles. The first kappa shape index (κ1) is 20.3. The van der Waals surface area contributed by atoms with Crippen LogP contribution in [0.5, 0.6) is 0 Å². The lowest BCUT2D eigenvalue weighted by Gasteiger charge is -2.44. The summed E-state index contributed by atoms with van der Waals surface area (Å²) in [6.07, 6.45) is 3.06. The quantitative estimate of drug-likeness (QED) is 0.782. The third kappa shape index (κ3) is 4.19. The molecule has 27 heavy (non-hydrogen) atoms. The Hall–Kier alpha value is -1.46. The molecule has 0 spiro atoms. The van der Waals surface area contributed by atoms with Gasteiger partial charge in [-0.05, 0) is 40.6 Å². The van der Waals surface area contributed by atoms with Crippen LogP contribution in [0.3, 0.4) is 0 Å². The summed E-state index contributed by atoms with van der Waals surface area (Å²) in [5.74, 6) is 0.487. The minimum Gasteiger partial charge on any atom is -0.407 e. The number of benzene rings is 2. The summed E-state index contributed by atoms with van der Waals surface area (Å²) in [7, 11) is -2.44. The molecule has 1 fully saturated rings. The zero-order valence-electron chi connectivity index (χ0n) is 16.9. The van der Waals surface area contributed by atoms with E-state index in [1.807, 2.05) is 0 Å². The van der Waals surface area contributed by atoms with Crippen molar-refractivity contribution < 1.29 is 4.43 Å². The molecule has 1 aliphatic carbocycles. The lowest BCUT2D eigenvalue weighted by atomic mass is 9.84. The van der Waals surface area contributed by atoms with Crippen LogP contribution >= 0.6 is 0 Å². The fourth-order valence-electron chi connectivity index (χ4n) is 4.48. The van der Waals surface area contributed by atoms with Gasteiger partial charge >= 0.3 is 0 Å². The van der Waals surface area contributed by atoms with Crippen molar-refractivity contribution in [2.24, 2.45) is 17.4 Å². The van der Waals surface area contributed by atoms with E-state index in [-0.39, 0.29) is 17.1 Å². The van der Waals surface area contributed by atoms with Gasteiger partial charge in [0.05, 0.1) is 0 Å². The molecule has 0 bridgehead atoms. The predicted octanol–water partition coefficient (Wildman–Crippen LogP) is 3.02. The molecule has 0 radical (unpaired) electrons. The molecule has 1 aliphatic rings. The van der Waals surface area contributed by atoms with Crippen LogP contribution in [0.1, 0.15) is 40.0 Å². The van der Waals surface area contributed by atoms with E-state index >= 15 is 0 Å². The highest BCUT2D eigenvalue weighted by Crippen LogP contribution is 2.37. The van der Waals surface area contributed by atoms with Gasteiger partial charge in [-0.15, -0.1) is 0 Å². The van der Waals surface area contributed by atoms with E-state index < -0.39 is 8.32 Å². The largest absolute Gasteiger partial charge is 0.407 e. The topological polar surface area (TPSA) is 61.3 Å². The van der Waals surface area contributed by atoms with E-state index in [9.17, 15) is 0 Å². The molecule has 0 saturated heterocycles. The Morgan fingerprint density at radius 3 is 1.81 bits per heavy atom. The molecule has 0 aromatic heterocycles. The second-order valence-electron chi connectivity index (χ2n) is 8.98. The first-order chi connectivity index (χ1) is 12.8. The van der Waals surface area contributed by atoms with Crippen molar-refractivity contribution in [3.05, 3.63) is 60.7 Å². The Labute approximate surface area is 165 Å². The van der Waals surface area contributed by atoms with Gasteiger partial charge in [0.2, 0.25) is 0 Å². The van der Waals surface area contributed by atoms with Gasteiger partial charge in [0.15, 0.2) is 0 Å². The van der Waals surface area contributed by atoms with Gasteiger partial charge < -0.3 is 15.9 Å². The van der Waals surface area contributed by atoms with Gasteiger partial charge in [-0.2, -0.15) is 0 Å². The lowest BCUT2D eigenvalue weighted by molar-refractivity contribution is 0.179. The molecule has 2 aromatic rings. The van der Waals surface area contributed by atoms with E-state index in [1.165, 1.54) is 10.4 Å². The zero-order valence-corrected chi connectivity index (χ0v) is 17.9. The molecule has 3 rings (SSSR count). The average molecular weight is 383 g/mol. The van der Waals surface area contributed by atoms with Crippen molar-refractivity contribution >= 4 is 18.7 Å². The first-order valence-electron chi connectivity index (χ1n) is 10.1. The Bertz CT molecular complexity index is 675. The van der Waals surface area contributed by atoms with Crippen LogP contribution in [0.4, 0.5) is 0 Å². The van der Waals surface area contributed by atoms with Crippen LogP contribution in [-0.4, -0.2) is 27.0 Å². The number of rotatable bonds is 5. The van der Waals surface area contributed by atoms with Crippen molar-refractivity contribution in [3.63, 3.8) is 0 Å². The van der Waals surface area contributed by atoms with Gasteiger partial charge in [-0.3, -0.25) is 0 Å². The maximum atomic E-state index is 7.03. The van der Waals surface area contributed by atoms with E-state index in [2.05, 4.69) is 81.4 Å².